The third-order valence-corrected chi connectivity index (χ3v) is 2.59. The fourth-order valence-corrected chi connectivity index (χ4v) is 1.70. The second-order valence-electron chi connectivity index (χ2n) is 3.93. The molecule has 1 fully saturated rings. The maximum absolute atomic E-state index is 3.12. The molecular weight excluding hydrogens is 460 g/mol. The lowest BCUT2D eigenvalue weighted by Gasteiger charge is -2.10. The molecule has 22 heavy (non-hydrogen) atoms. The van der Waals surface area contributed by atoms with Gasteiger partial charge < -0.3 is 0 Å². The van der Waals surface area contributed by atoms with Gasteiger partial charge in [-0.1, -0.05) is 38.5 Å². The molecule has 0 amide bonds. The van der Waals surface area contributed by atoms with Crippen LogP contribution in [0.5, 0.6) is 0 Å². The van der Waals surface area contributed by atoms with E-state index in [-0.39, 0.29) is 99.3 Å². The molecule has 0 aromatic rings. The average molecular weight is 492 g/mol. The first-order valence-electron chi connectivity index (χ1n) is 5.96. The molecule has 0 saturated carbocycles. The molecule has 1 aliphatic heterocycles. The van der Waals surface area contributed by atoms with Crippen molar-refractivity contribution >= 4 is 99.3 Å². The van der Waals surface area contributed by atoms with Crippen LogP contribution < -0.4 is 21.9 Å². The molecule has 1 aliphatic rings. The van der Waals surface area contributed by atoms with Crippen LogP contribution in [0.25, 0.3) is 0 Å². The minimum absolute atomic E-state index is 0. The van der Waals surface area contributed by atoms with Gasteiger partial charge >= 0.3 is 0 Å². The summed E-state index contributed by atoms with van der Waals surface area (Å²) in [6, 6.07) is 0. The molecule has 1 saturated heterocycles. The van der Waals surface area contributed by atoms with E-state index in [2.05, 4.69) is 21.9 Å². The van der Waals surface area contributed by atoms with Crippen molar-refractivity contribution in [2.45, 2.75) is 51.4 Å². The Morgan fingerprint density at radius 3 is 0.818 bits per heavy atom. The predicted molar refractivity (Wildman–Crippen MR) is 117 cm³/mol. The van der Waals surface area contributed by atoms with Crippen LogP contribution in [-0.2, 0) is 0 Å². The van der Waals surface area contributed by atoms with Gasteiger partial charge in [0.15, 0.2) is 0 Å². The van der Waals surface area contributed by atoms with Crippen molar-refractivity contribution in [3.8, 4) is 0 Å². The highest BCUT2D eigenvalue weighted by molar-refractivity contribution is 5.86. The molecule has 1 heterocycles. The van der Waals surface area contributed by atoms with Gasteiger partial charge in [0.05, 0.1) is 0 Å². The number of halogens is 8. The first-order valence-corrected chi connectivity index (χ1v) is 5.96. The number of hydrogen-bond acceptors (Lipinski definition) is 4. The Balaban J connectivity index is -0.0000000408. The molecule has 0 atom stereocenters. The summed E-state index contributed by atoms with van der Waals surface area (Å²) in [5.74, 6) is 0. The normalized spacial score (nSPS) is 15.3. The van der Waals surface area contributed by atoms with Crippen molar-refractivity contribution in [2.75, 3.05) is 13.1 Å². The zero-order chi connectivity index (χ0) is 9.90. The third kappa shape index (κ3) is 38.0. The maximum Gasteiger partial charge on any atom is 0.0113 e. The predicted octanol–water partition coefficient (Wildman–Crippen LogP) is 4.60. The largest absolute Gasteiger partial charge is 0.243 e. The minimum Gasteiger partial charge on any atom is -0.243 e. The molecule has 0 radical (unpaired) electrons. The Bertz CT molecular complexity index is 86.2. The van der Waals surface area contributed by atoms with Gasteiger partial charge in [0.25, 0.3) is 0 Å². The zero-order valence-corrected chi connectivity index (χ0v) is 18.9. The van der Waals surface area contributed by atoms with Crippen LogP contribution in [0.2, 0.25) is 0 Å². The van der Waals surface area contributed by atoms with Gasteiger partial charge in [-0.2, -0.15) is 11.1 Å². The summed E-state index contributed by atoms with van der Waals surface area (Å²) < 4.78 is 0. The molecule has 0 aliphatic carbocycles. The molecular formula is C10H32Cl8N4. The Hall–Kier alpha value is 2.16. The van der Waals surface area contributed by atoms with E-state index in [0.29, 0.717) is 0 Å². The topological polar surface area (TPSA) is 48.1 Å². The van der Waals surface area contributed by atoms with E-state index < -0.39 is 0 Å². The van der Waals surface area contributed by atoms with Gasteiger partial charge in [0.1, 0.15) is 0 Å². The van der Waals surface area contributed by atoms with E-state index in [4.69, 9.17) is 0 Å². The second kappa shape index (κ2) is 43.6. The lowest BCUT2D eigenvalue weighted by atomic mass is 10.1. The van der Waals surface area contributed by atoms with Crippen LogP contribution >= 0.6 is 99.3 Å². The van der Waals surface area contributed by atoms with Crippen LogP contribution in [0.1, 0.15) is 51.4 Å². The van der Waals surface area contributed by atoms with Gasteiger partial charge in [-0.3, -0.25) is 0 Å². The smallest absolute Gasteiger partial charge is 0.0113 e. The highest BCUT2D eigenvalue weighted by Gasteiger charge is 1.94. The number of hydrazine groups is 3. The molecule has 0 bridgehead atoms. The summed E-state index contributed by atoms with van der Waals surface area (Å²) in [6.45, 7) is 2.07. The van der Waals surface area contributed by atoms with Gasteiger partial charge in [-0.15, -0.1) is 99.3 Å². The fourth-order valence-electron chi connectivity index (χ4n) is 1.70. The number of nitrogens with one attached hydrogen (secondary N) is 4. The van der Waals surface area contributed by atoms with Gasteiger partial charge in [0.2, 0.25) is 0 Å². The first kappa shape index (κ1) is 49.6. The van der Waals surface area contributed by atoms with Crippen molar-refractivity contribution in [3.63, 3.8) is 0 Å². The van der Waals surface area contributed by atoms with E-state index in [1.165, 1.54) is 51.4 Å². The van der Waals surface area contributed by atoms with Crippen molar-refractivity contribution in [3.05, 3.63) is 0 Å². The summed E-state index contributed by atoms with van der Waals surface area (Å²) in [4.78, 5) is 0. The van der Waals surface area contributed by atoms with Gasteiger partial charge in [-0.25, -0.2) is 10.9 Å². The molecule has 0 aromatic heterocycles. The monoisotopic (exact) mass is 488 g/mol. The molecule has 12 heteroatoms. The maximum atomic E-state index is 3.12. The Labute approximate surface area is 184 Å². The molecule has 1 rings (SSSR count). The van der Waals surface area contributed by atoms with Gasteiger partial charge in [-0.05, 0) is 12.8 Å². The van der Waals surface area contributed by atoms with Crippen molar-refractivity contribution in [1.82, 2.24) is 21.9 Å². The van der Waals surface area contributed by atoms with Crippen LogP contribution in [-0.4, -0.2) is 13.1 Å². The average Bonchev–Trinajstić information content (AvgIpc) is 2.22. The SMILES string of the molecule is C1CCCCCNNNNCCCC1.Cl.Cl.Cl.Cl.Cl.Cl.Cl.Cl. The number of hydrogen-bond donors (Lipinski definition) is 4. The summed E-state index contributed by atoms with van der Waals surface area (Å²) in [6.07, 6.45) is 10.8. The number of rotatable bonds is 0. The molecule has 148 valence electrons. The summed E-state index contributed by atoms with van der Waals surface area (Å²) in [5, 5.41) is 0. The Morgan fingerprint density at radius 1 is 0.318 bits per heavy atom. The van der Waals surface area contributed by atoms with E-state index in [1.54, 1.807) is 0 Å². The highest BCUT2D eigenvalue weighted by atomic mass is 35.5. The van der Waals surface area contributed by atoms with Crippen LogP contribution in [0.3, 0.4) is 0 Å². The lowest BCUT2D eigenvalue weighted by Crippen LogP contribution is -2.51. The first-order chi connectivity index (χ1) is 7.00. The van der Waals surface area contributed by atoms with Crippen molar-refractivity contribution < 1.29 is 0 Å². The Kier molecular flexibility index (Phi) is 98.2. The summed E-state index contributed by atoms with van der Waals surface area (Å²) >= 11 is 0. The minimum atomic E-state index is 0. The zero-order valence-electron chi connectivity index (χ0n) is 12.3. The summed E-state index contributed by atoms with van der Waals surface area (Å²) in [5.41, 5.74) is 12.1. The van der Waals surface area contributed by atoms with E-state index in [1.807, 2.05) is 0 Å². The van der Waals surface area contributed by atoms with Crippen LogP contribution in [0, 0.1) is 0 Å². The third-order valence-electron chi connectivity index (χ3n) is 2.59. The van der Waals surface area contributed by atoms with E-state index >= 15 is 0 Å². The second-order valence-corrected chi connectivity index (χ2v) is 3.93. The fraction of sp³-hybridized carbons (Fsp3) is 1.00. The van der Waals surface area contributed by atoms with E-state index in [0.717, 1.165) is 13.1 Å². The van der Waals surface area contributed by atoms with Crippen molar-refractivity contribution in [2.24, 2.45) is 0 Å². The Morgan fingerprint density at radius 2 is 0.545 bits per heavy atom. The lowest BCUT2D eigenvalue weighted by molar-refractivity contribution is 0.357. The molecule has 0 aromatic carbocycles. The molecule has 4 nitrogen and oxygen atoms in total. The molecule has 0 spiro atoms. The van der Waals surface area contributed by atoms with Crippen LogP contribution in [0.4, 0.5) is 0 Å². The van der Waals surface area contributed by atoms with Crippen LogP contribution in [0.15, 0.2) is 0 Å². The van der Waals surface area contributed by atoms with E-state index in [9.17, 15) is 0 Å². The standard InChI is InChI=1S/C10H24N4.8ClH/c1-2-4-6-8-10-12-14-13-11-9-7-5-3-1;;;;;;;;/h11-14H,1-10H2;8*1H. The van der Waals surface area contributed by atoms with Crippen molar-refractivity contribution in [1.29, 1.82) is 0 Å². The molecule has 0 unspecified atom stereocenters. The summed E-state index contributed by atoms with van der Waals surface area (Å²) in [7, 11) is 0. The quantitative estimate of drug-likeness (QED) is 0.400. The van der Waals surface area contributed by atoms with Gasteiger partial charge in [0, 0.05) is 13.1 Å². The highest BCUT2D eigenvalue weighted by Crippen LogP contribution is 2.07. The molecule has 4 N–H and O–H groups in total.